The average Bonchev–Trinajstić information content (AvgIpc) is 2.61. The van der Waals surface area contributed by atoms with Crippen molar-refractivity contribution in [2.24, 2.45) is 0 Å². The second kappa shape index (κ2) is 5.71. The predicted octanol–water partition coefficient (Wildman–Crippen LogP) is 3.40. The Bertz CT molecular complexity index is 382. The molecule has 17 heavy (non-hydrogen) atoms. The summed E-state index contributed by atoms with van der Waals surface area (Å²) in [6.07, 6.45) is 4.74. The molecule has 1 aliphatic heterocycles. The van der Waals surface area contributed by atoms with Crippen molar-refractivity contribution in [3.63, 3.8) is 0 Å². The number of benzene rings is 1. The topological polar surface area (TPSA) is 32.3 Å². The largest absolute Gasteiger partial charge is 0.325 e. The van der Waals surface area contributed by atoms with Gasteiger partial charge in [-0.25, -0.2) is 4.79 Å². The zero-order valence-electron chi connectivity index (χ0n) is 10.4. The Kier molecular flexibility index (Phi) is 4.02. The highest BCUT2D eigenvalue weighted by atomic mass is 16.2. The van der Waals surface area contributed by atoms with Gasteiger partial charge in [0.1, 0.15) is 0 Å². The van der Waals surface area contributed by atoms with Gasteiger partial charge in [0.2, 0.25) is 0 Å². The molecule has 1 aromatic carbocycles. The molecule has 0 spiro atoms. The molecular weight excluding hydrogens is 212 g/mol. The molecule has 0 saturated carbocycles. The van der Waals surface area contributed by atoms with Gasteiger partial charge >= 0.3 is 6.03 Å². The van der Waals surface area contributed by atoms with E-state index in [2.05, 4.69) is 5.32 Å². The summed E-state index contributed by atoms with van der Waals surface area (Å²) in [6.45, 7) is 3.79. The molecular formula is C14H20N2O. The zero-order chi connectivity index (χ0) is 12.1. The van der Waals surface area contributed by atoms with Crippen LogP contribution in [0.1, 0.15) is 31.2 Å². The fraction of sp³-hybridized carbons (Fsp3) is 0.500. The highest BCUT2D eigenvalue weighted by molar-refractivity contribution is 5.90. The van der Waals surface area contributed by atoms with Gasteiger partial charge in [0.25, 0.3) is 0 Å². The minimum absolute atomic E-state index is 0.0428. The lowest BCUT2D eigenvalue weighted by Crippen LogP contribution is -2.35. The molecule has 1 aromatic rings. The molecule has 1 fully saturated rings. The van der Waals surface area contributed by atoms with Crippen LogP contribution in [0.15, 0.2) is 24.3 Å². The smallest absolute Gasteiger partial charge is 0.321 e. The number of rotatable bonds is 1. The van der Waals surface area contributed by atoms with Gasteiger partial charge < -0.3 is 10.2 Å². The van der Waals surface area contributed by atoms with E-state index in [1.54, 1.807) is 0 Å². The van der Waals surface area contributed by atoms with Crippen molar-refractivity contribution >= 4 is 11.7 Å². The molecule has 0 aliphatic carbocycles. The standard InChI is InChI=1S/C14H20N2O/c1-12-8-4-5-9-13(12)15-14(17)16-10-6-2-3-7-11-16/h4-5,8-9H,2-3,6-7,10-11H2,1H3,(H,15,17). The highest BCUT2D eigenvalue weighted by Gasteiger charge is 2.15. The van der Waals surface area contributed by atoms with Gasteiger partial charge in [-0.1, -0.05) is 31.0 Å². The number of nitrogens with one attached hydrogen (secondary N) is 1. The van der Waals surface area contributed by atoms with Crippen molar-refractivity contribution in [2.45, 2.75) is 32.6 Å². The Labute approximate surface area is 103 Å². The summed E-state index contributed by atoms with van der Waals surface area (Å²) in [5.74, 6) is 0. The van der Waals surface area contributed by atoms with E-state index in [-0.39, 0.29) is 6.03 Å². The second-order valence-electron chi connectivity index (χ2n) is 4.65. The minimum Gasteiger partial charge on any atom is -0.325 e. The molecule has 1 aliphatic rings. The van der Waals surface area contributed by atoms with Crippen LogP contribution in [0.2, 0.25) is 0 Å². The van der Waals surface area contributed by atoms with Crippen molar-refractivity contribution < 1.29 is 4.79 Å². The molecule has 1 N–H and O–H groups in total. The molecule has 1 saturated heterocycles. The van der Waals surface area contributed by atoms with Crippen LogP contribution in [0.25, 0.3) is 0 Å². The molecule has 0 atom stereocenters. The van der Waals surface area contributed by atoms with Gasteiger partial charge in [-0.15, -0.1) is 0 Å². The fourth-order valence-corrected chi connectivity index (χ4v) is 2.18. The summed E-state index contributed by atoms with van der Waals surface area (Å²) in [6, 6.07) is 7.94. The zero-order valence-corrected chi connectivity index (χ0v) is 10.4. The quantitative estimate of drug-likeness (QED) is 0.790. The van der Waals surface area contributed by atoms with Crippen molar-refractivity contribution in [3.05, 3.63) is 29.8 Å². The maximum absolute atomic E-state index is 12.1. The normalized spacial score (nSPS) is 16.4. The number of nitrogens with zero attached hydrogens (tertiary/aromatic N) is 1. The Morgan fingerprint density at radius 3 is 2.41 bits per heavy atom. The number of likely N-dealkylation sites (tertiary alicyclic amines) is 1. The fourth-order valence-electron chi connectivity index (χ4n) is 2.18. The van der Waals surface area contributed by atoms with Crippen molar-refractivity contribution in [3.8, 4) is 0 Å². The van der Waals surface area contributed by atoms with E-state index in [4.69, 9.17) is 0 Å². The van der Waals surface area contributed by atoms with Gasteiger partial charge in [-0.2, -0.15) is 0 Å². The third kappa shape index (κ3) is 3.22. The van der Waals surface area contributed by atoms with Crippen molar-refractivity contribution in [1.82, 2.24) is 4.90 Å². The van der Waals surface area contributed by atoms with E-state index in [0.717, 1.165) is 37.2 Å². The predicted molar refractivity (Wildman–Crippen MR) is 70.2 cm³/mol. The van der Waals surface area contributed by atoms with E-state index >= 15 is 0 Å². The first kappa shape index (κ1) is 12.0. The molecule has 0 unspecified atom stereocenters. The third-order valence-electron chi connectivity index (χ3n) is 3.28. The summed E-state index contributed by atoms with van der Waals surface area (Å²) < 4.78 is 0. The molecule has 3 heteroatoms. The van der Waals surface area contributed by atoms with Crippen LogP contribution in [0, 0.1) is 6.92 Å². The van der Waals surface area contributed by atoms with Gasteiger partial charge in [-0.3, -0.25) is 0 Å². The molecule has 2 amide bonds. The highest BCUT2D eigenvalue weighted by Crippen LogP contribution is 2.15. The van der Waals surface area contributed by atoms with Gasteiger partial charge in [0.15, 0.2) is 0 Å². The van der Waals surface area contributed by atoms with Crippen LogP contribution in [0.5, 0.6) is 0 Å². The molecule has 0 radical (unpaired) electrons. The number of hydrogen-bond donors (Lipinski definition) is 1. The van der Waals surface area contributed by atoms with E-state index in [9.17, 15) is 4.79 Å². The average molecular weight is 232 g/mol. The monoisotopic (exact) mass is 232 g/mol. The molecule has 0 bridgehead atoms. The van der Waals surface area contributed by atoms with Gasteiger partial charge in [-0.05, 0) is 31.4 Å². The van der Waals surface area contributed by atoms with Crippen LogP contribution in [0.4, 0.5) is 10.5 Å². The van der Waals surface area contributed by atoms with Crippen LogP contribution in [-0.2, 0) is 0 Å². The summed E-state index contributed by atoms with van der Waals surface area (Å²) in [5.41, 5.74) is 2.03. The van der Waals surface area contributed by atoms with Gasteiger partial charge in [0, 0.05) is 18.8 Å². The Morgan fingerprint density at radius 2 is 1.76 bits per heavy atom. The van der Waals surface area contributed by atoms with Crippen LogP contribution in [-0.4, -0.2) is 24.0 Å². The van der Waals surface area contributed by atoms with Gasteiger partial charge in [0.05, 0.1) is 0 Å². The number of anilines is 1. The summed E-state index contributed by atoms with van der Waals surface area (Å²) in [7, 11) is 0. The van der Waals surface area contributed by atoms with Crippen molar-refractivity contribution in [1.29, 1.82) is 0 Å². The Balaban J connectivity index is 1.98. The SMILES string of the molecule is Cc1ccccc1NC(=O)N1CCCCCC1. The Hall–Kier alpha value is -1.51. The van der Waals surface area contributed by atoms with Crippen LogP contribution >= 0.6 is 0 Å². The number of aryl methyl sites for hydroxylation is 1. The minimum atomic E-state index is 0.0428. The number of hydrogen-bond acceptors (Lipinski definition) is 1. The first-order valence-corrected chi connectivity index (χ1v) is 6.39. The molecule has 2 rings (SSSR count). The summed E-state index contributed by atoms with van der Waals surface area (Å²) in [5, 5.41) is 2.99. The van der Waals surface area contributed by atoms with E-state index in [1.807, 2.05) is 36.1 Å². The maximum Gasteiger partial charge on any atom is 0.321 e. The number of urea groups is 1. The lowest BCUT2D eigenvalue weighted by Gasteiger charge is -2.21. The van der Waals surface area contributed by atoms with E-state index < -0.39 is 0 Å². The summed E-state index contributed by atoms with van der Waals surface area (Å²) >= 11 is 0. The molecule has 3 nitrogen and oxygen atoms in total. The van der Waals surface area contributed by atoms with Crippen LogP contribution < -0.4 is 5.32 Å². The lowest BCUT2D eigenvalue weighted by molar-refractivity contribution is 0.213. The van der Waals surface area contributed by atoms with Crippen molar-refractivity contribution in [2.75, 3.05) is 18.4 Å². The van der Waals surface area contributed by atoms with E-state index in [0.29, 0.717) is 0 Å². The van der Waals surface area contributed by atoms with Crippen LogP contribution in [0.3, 0.4) is 0 Å². The molecule has 1 heterocycles. The second-order valence-corrected chi connectivity index (χ2v) is 4.65. The maximum atomic E-state index is 12.1. The molecule has 92 valence electrons. The first-order chi connectivity index (χ1) is 8.27. The Morgan fingerprint density at radius 1 is 1.12 bits per heavy atom. The number of para-hydroxylation sites is 1. The first-order valence-electron chi connectivity index (χ1n) is 6.39. The number of carbonyl (C=O) groups is 1. The summed E-state index contributed by atoms with van der Waals surface area (Å²) in [4.78, 5) is 14.0. The lowest BCUT2D eigenvalue weighted by atomic mass is 10.2. The van der Waals surface area contributed by atoms with E-state index in [1.165, 1.54) is 12.8 Å². The molecule has 0 aromatic heterocycles. The number of amides is 2. The number of carbonyl (C=O) groups excluding carboxylic acids is 1. The third-order valence-corrected chi connectivity index (χ3v) is 3.28.